The lowest BCUT2D eigenvalue weighted by molar-refractivity contribution is -0.115. The van der Waals surface area contributed by atoms with Gasteiger partial charge in [-0.3, -0.25) is 4.79 Å². The number of thiocarbonyl (C=S) groups is 1. The molecular weight excluding hydrogens is 240 g/mol. The first-order valence-corrected chi connectivity index (χ1v) is 6.34. The first-order chi connectivity index (χ1) is 7.69. The Labute approximate surface area is 104 Å². The monoisotopic (exact) mass is 252 g/mol. The normalized spacial score (nSPS) is 18.2. The second-order valence-corrected chi connectivity index (χ2v) is 5.26. The van der Waals surface area contributed by atoms with E-state index in [1.54, 1.807) is 0 Å². The molecule has 84 valence electrons. The Kier molecular flexibility index (Phi) is 3.46. The third-order valence-electron chi connectivity index (χ3n) is 2.22. The van der Waals surface area contributed by atoms with Crippen LogP contribution in [0.2, 0.25) is 0 Å². The van der Waals surface area contributed by atoms with Gasteiger partial charge in [-0.25, -0.2) is 0 Å². The number of rotatable bonds is 3. The summed E-state index contributed by atoms with van der Waals surface area (Å²) in [6.07, 6.45) is 3.97. The first kappa shape index (κ1) is 11.4. The molecule has 2 N–H and O–H groups in total. The molecule has 2 rings (SSSR count). The minimum absolute atomic E-state index is 0.110. The second kappa shape index (κ2) is 4.84. The zero-order chi connectivity index (χ0) is 11.5. The summed E-state index contributed by atoms with van der Waals surface area (Å²) in [5.74, 6) is -0.110. The highest BCUT2D eigenvalue weighted by molar-refractivity contribution is 8.26. The molecule has 0 atom stereocenters. The molecule has 1 aromatic rings. The van der Waals surface area contributed by atoms with Crippen LogP contribution in [0.5, 0.6) is 0 Å². The van der Waals surface area contributed by atoms with Gasteiger partial charge in [-0.1, -0.05) is 37.3 Å². The highest BCUT2D eigenvalue weighted by atomic mass is 32.2. The molecule has 0 bridgehead atoms. The number of hydrogen-bond donors (Lipinski definition) is 2. The Bertz CT molecular complexity index is 462. The molecule has 1 saturated heterocycles. The van der Waals surface area contributed by atoms with Gasteiger partial charge in [0.15, 0.2) is 0 Å². The van der Waals surface area contributed by atoms with Crippen LogP contribution in [0.4, 0.5) is 0 Å². The summed E-state index contributed by atoms with van der Waals surface area (Å²) in [6, 6.07) is 4.03. The average Bonchev–Trinajstić information content (AvgIpc) is 2.76. The van der Waals surface area contributed by atoms with Crippen molar-refractivity contribution in [3.63, 3.8) is 0 Å². The van der Waals surface area contributed by atoms with Gasteiger partial charge in [-0.05, 0) is 24.6 Å². The number of hydrogen-bond acceptors (Lipinski definition) is 3. The van der Waals surface area contributed by atoms with Gasteiger partial charge in [-0.15, -0.1) is 0 Å². The fourth-order valence-electron chi connectivity index (χ4n) is 1.52. The fraction of sp³-hybridized carbons (Fsp3) is 0.273. The van der Waals surface area contributed by atoms with Crippen molar-refractivity contribution in [2.45, 2.75) is 19.8 Å². The van der Waals surface area contributed by atoms with E-state index in [0.717, 1.165) is 18.5 Å². The number of aromatic nitrogens is 1. The largest absolute Gasteiger partial charge is 0.359 e. The summed E-state index contributed by atoms with van der Waals surface area (Å²) in [5.41, 5.74) is 2.14. The van der Waals surface area contributed by atoms with Crippen LogP contribution in [0, 0.1) is 0 Å². The SMILES string of the molecule is CCCc1ccc(/C=C2\SC(=S)NC2=O)[nH]1. The topological polar surface area (TPSA) is 44.9 Å². The molecule has 1 aliphatic rings. The van der Waals surface area contributed by atoms with E-state index in [9.17, 15) is 4.79 Å². The second-order valence-electron chi connectivity index (χ2n) is 3.54. The van der Waals surface area contributed by atoms with Crippen molar-refractivity contribution in [3.8, 4) is 0 Å². The molecule has 0 aromatic carbocycles. The van der Waals surface area contributed by atoms with Crippen molar-refractivity contribution in [2.75, 3.05) is 0 Å². The van der Waals surface area contributed by atoms with E-state index < -0.39 is 0 Å². The number of H-pyrrole nitrogens is 1. The summed E-state index contributed by atoms with van der Waals surface area (Å²) in [7, 11) is 0. The van der Waals surface area contributed by atoms with Crippen LogP contribution < -0.4 is 5.32 Å². The Morgan fingerprint density at radius 3 is 2.94 bits per heavy atom. The number of nitrogens with one attached hydrogen (secondary N) is 2. The molecular formula is C11H12N2OS2. The minimum Gasteiger partial charge on any atom is -0.359 e. The Hall–Kier alpha value is -1.07. The molecule has 1 amide bonds. The van der Waals surface area contributed by atoms with E-state index in [-0.39, 0.29) is 5.91 Å². The molecule has 0 saturated carbocycles. The van der Waals surface area contributed by atoms with Crippen molar-refractivity contribution in [1.82, 2.24) is 10.3 Å². The van der Waals surface area contributed by atoms with E-state index in [0.29, 0.717) is 9.23 Å². The maximum atomic E-state index is 11.4. The van der Waals surface area contributed by atoms with Gasteiger partial charge in [0, 0.05) is 11.4 Å². The summed E-state index contributed by atoms with van der Waals surface area (Å²) in [4.78, 5) is 15.3. The van der Waals surface area contributed by atoms with Gasteiger partial charge in [-0.2, -0.15) is 0 Å². The van der Waals surface area contributed by atoms with Crippen LogP contribution in [-0.2, 0) is 11.2 Å². The number of aromatic amines is 1. The van der Waals surface area contributed by atoms with Gasteiger partial charge in [0.1, 0.15) is 4.32 Å². The molecule has 0 aliphatic carbocycles. The van der Waals surface area contributed by atoms with Crippen molar-refractivity contribution in [3.05, 3.63) is 28.4 Å². The van der Waals surface area contributed by atoms with Gasteiger partial charge < -0.3 is 10.3 Å². The molecule has 1 aliphatic heterocycles. The third kappa shape index (κ3) is 2.54. The first-order valence-electron chi connectivity index (χ1n) is 5.12. The summed E-state index contributed by atoms with van der Waals surface area (Å²) < 4.78 is 0.525. The molecule has 0 spiro atoms. The lowest BCUT2D eigenvalue weighted by Crippen LogP contribution is -2.17. The van der Waals surface area contributed by atoms with Crippen LogP contribution in [0.15, 0.2) is 17.0 Å². The van der Waals surface area contributed by atoms with Gasteiger partial charge >= 0.3 is 0 Å². The van der Waals surface area contributed by atoms with E-state index in [1.807, 2.05) is 18.2 Å². The molecule has 3 nitrogen and oxygen atoms in total. The van der Waals surface area contributed by atoms with Crippen LogP contribution in [-0.4, -0.2) is 15.2 Å². The smallest absolute Gasteiger partial charge is 0.263 e. The molecule has 2 heterocycles. The number of aryl methyl sites for hydroxylation is 1. The van der Waals surface area contributed by atoms with Crippen molar-refractivity contribution >= 4 is 40.3 Å². The number of thioether (sulfide) groups is 1. The highest BCUT2D eigenvalue weighted by Crippen LogP contribution is 2.25. The zero-order valence-corrected chi connectivity index (χ0v) is 10.5. The maximum Gasteiger partial charge on any atom is 0.263 e. The standard InChI is InChI=1S/C11H12N2OS2/c1-2-3-7-4-5-8(12-7)6-9-10(14)13-11(15)16-9/h4-6,12H,2-3H2,1H3,(H,13,14,15)/b9-6-. The Morgan fingerprint density at radius 1 is 1.50 bits per heavy atom. The maximum absolute atomic E-state index is 11.4. The fourth-order valence-corrected chi connectivity index (χ4v) is 2.56. The van der Waals surface area contributed by atoms with Crippen LogP contribution in [0.25, 0.3) is 6.08 Å². The predicted molar refractivity (Wildman–Crippen MR) is 71.1 cm³/mol. The molecule has 0 radical (unpaired) electrons. The lowest BCUT2D eigenvalue weighted by Gasteiger charge is -1.92. The van der Waals surface area contributed by atoms with Gasteiger partial charge in [0.25, 0.3) is 5.91 Å². The number of carbonyl (C=O) groups is 1. The van der Waals surface area contributed by atoms with Gasteiger partial charge in [0.2, 0.25) is 0 Å². The summed E-state index contributed by atoms with van der Waals surface area (Å²) in [6.45, 7) is 2.14. The lowest BCUT2D eigenvalue weighted by atomic mass is 10.3. The Morgan fingerprint density at radius 2 is 2.31 bits per heavy atom. The van der Waals surface area contributed by atoms with Crippen LogP contribution in [0.3, 0.4) is 0 Å². The van der Waals surface area contributed by atoms with E-state index in [2.05, 4.69) is 17.2 Å². The highest BCUT2D eigenvalue weighted by Gasteiger charge is 2.21. The summed E-state index contributed by atoms with van der Waals surface area (Å²) in [5, 5.41) is 2.59. The van der Waals surface area contributed by atoms with E-state index >= 15 is 0 Å². The van der Waals surface area contributed by atoms with Crippen molar-refractivity contribution in [2.24, 2.45) is 0 Å². The summed E-state index contributed by atoms with van der Waals surface area (Å²) >= 11 is 6.22. The third-order valence-corrected chi connectivity index (χ3v) is 3.38. The van der Waals surface area contributed by atoms with E-state index in [1.165, 1.54) is 17.5 Å². The predicted octanol–water partition coefficient (Wildman–Crippen LogP) is 2.46. The number of amides is 1. The van der Waals surface area contributed by atoms with Crippen LogP contribution >= 0.6 is 24.0 Å². The average molecular weight is 252 g/mol. The van der Waals surface area contributed by atoms with Crippen molar-refractivity contribution < 1.29 is 4.79 Å². The molecule has 5 heteroatoms. The molecule has 1 fully saturated rings. The number of carbonyl (C=O) groups excluding carboxylic acids is 1. The minimum atomic E-state index is -0.110. The molecule has 0 unspecified atom stereocenters. The van der Waals surface area contributed by atoms with Crippen molar-refractivity contribution in [1.29, 1.82) is 0 Å². The quantitative estimate of drug-likeness (QED) is 0.641. The van der Waals surface area contributed by atoms with E-state index in [4.69, 9.17) is 12.2 Å². The molecule has 16 heavy (non-hydrogen) atoms. The van der Waals surface area contributed by atoms with Crippen LogP contribution in [0.1, 0.15) is 24.7 Å². The van der Waals surface area contributed by atoms with Gasteiger partial charge in [0.05, 0.1) is 4.91 Å². The Balaban J connectivity index is 2.16. The zero-order valence-electron chi connectivity index (χ0n) is 8.87. The molecule has 1 aromatic heterocycles.